The molecule has 0 radical (unpaired) electrons. The summed E-state index contributed by atoms with van der Waals surface area (Å²) in [5, 5.41) is 10.2. The van der Waals surface area contributed by atoms with Gasteiger partial charge in [-0.1, -0.05) is 48.5 Å². The predicted octanol–water partition coefficient (Wildman–Crippen LogP) is 3.26. The Labute approximate surface area is 133 Å². The number of aliphatic hydroxyl groups is 1. The Balaban J connectivity index is 2.08. The quantitative estimate of drug-likeness (QED) is 0.736. The zero-order chi connectivity index (χ0) is 16.4. The molecule has 3 rings (SSSR count). The van der Waals surface area contributed by atoms with Gasteiger partial charge in [-0.15, -0.1) is 0 Å². The zero-order valence-electron chi connectivity index (χ0n) is 12.6. The summed E-state index contributed by atoms with van der Waals surface area (Å²) < 4.78 is 32.2. The topological polar surface area (TPSA) is 29.0 Å². The molecule has 0 aliphatic carbocycles. The van der Waals surface area contributed by atoms with Crippen LogP contribution in [0, 0.1) is 0 Å². The lowest BCUT2D eigenvalue weighted by molar-refractivity contribution is -0.660. The van der Waals surface area contributed by atoms with Crippen LogP contribution >= 0.6 is 0 Å². The molecule has 0 spiro atoms. The van der Waals surface area contributed by atoms with Crippen LogP contribution in [0.2, 0.25) is 0 Å². The van der Waals surface area contributed by atoms with Gasteiger partial charge in [0.15, 0.2) is 6.10 Å². The summed E-state index contributed by atoms with van der Waals surface area (Å²) in [6.07, 6.45) is 0.904. The minimum Gasteiger partial charge on any atom is -0.378 e. The van der Waals surface area contributed by atoms with Gasteiger partial charge in [0.2, 0.25) is 0 Å². The first-order valence-electron chi connectivity index (χ1n) is 7.25. The zero-order valence-corrected chi connectivity index (χ0v) is 12.6. The summed E-state index contributed by atoms with van der Waals surface area (Å²) in [5.74, 6) is 0.325. The number of alkyl halides is 2. The molecule has 3 nitrogen and oxygen atoms in total. The van der Waals surface area contributed by atoms with Crippen LogP contribution in [0.1, 0.15) is 11.7 Å². The van der Waals surface area contributed by atoms with Crippen LogP contribution in [0.25, 0.3) is 11.4 Å². The molecule has 1 aromatic heterocycles. The highest BCUT2D eigenvalue weighted by atomic mass is 19.3. The summed E-state index contributed by atoms with van der Waals surface area (Å²) >= 11 is 0. The molecule has 0 saturated heterocycles. The van der Waals surface area contributed by atoms with Crippen molar-refractivity contribution in [2.45, 2.75) is 12.2 Å². The van der Waals surface area contributed by atoms with Gasteiger partial charge in [-0.2, -0.15) is 13.3 Å². The molecule has 2 aromatic carbocycles. The van der Waals surface area contributed by atoms with Crippen molar-refractivity contribution in [3.05, 3.63) is 78.6 Å². The van der Waals surface area contributed by atoms with Crippen molar-refractivity contribution in [1.29, 1.82) is 0 Å². The van der Waals surface area contributed by atoms with Crippen molar-refractivity contribution in [1.82, 2.24) is 4.57 Å². The smallest absolute Gasteiger partial charge is 0.378 e. The molecule has 0 unspecified atom stereocenters. The normalized spacial score (nSPS) is 13.0. The maximum atomic E-state index is 14.9. The fourth-order valence-electron chi connectivity index (χ4n) is 2.62. The lowest BCUT2D eigenvalue weighted by Gasteiger charge is -2.20. The van der Waals surface area contributed by atoms with Crippen LogP contribution in [0.15, 0.2) is 73.1 Å². The minimum absolute atomic E-state index is 0.174. The van der Waals surface area contributed by atoms with E-state index < -0.39 is 12.2 Å². The number of imidazole rings is 1. The molecule has 0 fully saturated rings. The SMILES string of the molecule is C[n+]1ccn(C(F)(F)[C@H](O)c2ccccc2)c1-c1ccccc1. The minimum atomic E-state index is -3.48. The molecule has 1 atom stereocenters. The first-order chi connectivity index (χ1) is 11.0. The highest BCUT2D eigenvalue weighted by Crippen LogP contribution is 2.38. The van der Waals surface area contributed by atoms with Gasteiger partial charge in [0.05, 0.1) is 12.6 Å². The summed E-state index contributed by atoms with van der Waals surface area (Å²) in [4.78, 5) is 0. The van der Waals surface area contributed by atoms with Crippen molar-refractivity contribution < 1.29 is 18.5 Å². The van der Waals surface area contributed by atoms with Crippen molar-refractivity contribution in [3.63, 3.8) is 0 Å². The van der Waals surface area contributed by atoms with Crippen LogP contribution < -0.4 is 4.57 Å². The Morgan fingerprint density at radius 3 is 2.17 bits per heavy atom. The summed E-state index contributed by atoms with van der Waals surface area (Å²) in [5.41, 5.74) is 0.827. The van der Waals surface area contributed by atoms with E-state index >= 15 is 0 Å². The Morgan fingerprint density at radius 2 is 1.57 bits per heavy atom. The van der Waals surface area contributed by atoms with Gasteiger partial charge in [0, 0.05) is 0 Å². The molecule has 5 heteroatoms. The number of hydrogen-bond donors (Lipinski definition) is 1. The molecule has 0 bridgehead atoms. The second kappa shape index (κ2) is 5.93. The van der Waals surface area contributed by atoms with E-state index in [0.29, 0.717) is 11.4 Å². The number of benzene rings is 2. The number of aliphatic hydroxyl groups excluding tert-OH is 1. The number of aromatic nitrogens is 2. The van der Waals surface area contributed by atoms with E-state index in [4.69, 9.17) is 0 Å². The molecule has 0 aliphatic rings. The van der Waals surface area contributed by atoms with Crippen molar-refractivity contribution >= 4 is 0 Å². The van der Waals surface area contributed by atoms with Crippen molar-refractivity contribution in [2.75, 3.05) is 0 Å². The molecular formula is C18H17F2N2O+. The summed E-state index contributed by atoms with van der Waals surface area (Å²) in [6, 6.07) is 13.4. The fraction of sp³-hybridized carbons (Fsp3) is 0.167. The third kappa shape index (κ3) is 2.75. The van der Waals surface area contributed by atoms with Crippen LogP contribution in [-0.2, 0) is 13.1 Å². The second-order valence-corrected chi connectivity index (χ2v) is 5.37. The molecule has 3 aromatic rings. The average Bonchev–Trinajstić information content (AvgIpc) is 2.98. The van der Waals surface area contributed by atoms with Gasteiger partial charge in [-0.3, -0.25) is 0 Å². The van der Waals surface area contributed by atoms with E-state index in [2.05, 4.69) is 0 Å². The largest absolute Gasteiger partial charge is 0.428 e. The molecule has 0 aliphatic heterocycles. The third-order valence-electron chi connectivity index (χ3n) is 3.80. The number of halogens is 2. The average molecular weight is 315 g/mol. The number of hydrogen-bond acceptors (Lipinski definition) is 1. The number of rotatable bonds is 4. The first-order valence-corrected chi connectivity index (χ1v) is 7.25. The van der Waals surface area contributed by atoms with Crippen LogP contribution in [0.4, 0.5) is 8.78 Å². The van der Waals surface area contributed by atoms with Gasteiger partial charge in [0.1, 0.15) is 12.4 Å². The number of nitrogens with zero attached hydrogens (tertiary/aromatic N) is 2. The number of aryl methyl sites for hydroxylation is 1. The highest BCUT2D eigenvalue weighted by molar-refractivity contribution is 5.52. The monoisotopic (exact) mass is 315 g/mol. The van der Waals surface area contributed by atoms with Gasteiger partial charge in [-0.25, -0.2) is 4.57 Å². The molecule has 0 amide bonds. The standard InChI is InChI=1S/C18H17F2N2O/c1-21-12-13-22(17(21)15-10-6-3-7-11-15)18(19,20)16(23)14-8-4-2-5-9-14/h2-13,16,23H,1H3/q+1/t16-/m1/s1. The van der Waals surface area contributed by atoms with E-state index in [9.17, 15) is 13.9 Å². The third-order valence-corrected chi connectivity index (χ3v) is 3.80. The molecule has 0 saturated carbocycles. The van der Waals surface area contributed by atoms with Crippen LogP contribution in [0.5, 0.6) is 0 Å². The van der Waals surface area contributed by atoms with E-state index in [1.165, 1.54) is 18.3 Å². The Kier molecular flexibility index (Phi) is 3.96. The molecule has 118 valence electrons. The van der Waals surface area contributed by atoms with Crippen molar-refractivity contribution in [2.24, 2.45) is 7.05 Å². The van der Waals surface area contributed by atoms with E-state index in [0.717, 1.165) is 4.57 Å². The molecular weight excluding hydrogens is 298 g/mol. The summed E-state index contributed by atoms with van der Waals surface area (Å²) in [6.45, 7) is 0. The Bertz CT molecular complexity index is 785. The van der Waals surface area contributed by atoms with Gasteiger partial charge in [0.25, 0.3) is 5.82 Å². The van der Waals surface area contributed by atoms with Gasteiger partial charge in [-0.05, 0) is 17.7 Å². The fourth-order valence-corrected chi connectivity index (χ4v) is 2.62. The van der Waals surface area contributed by atoms with Crippen LogP contribution in [0.3, 0.4) is 0 Å². The molecule has 1 heterocycles. The Morgan fingerprint density at radius 1 is 1.00 bits per heavy atom. The predicted molar refractivity (Wildman–Crippen MR) is 82.6 cm³/mol. The maximum Gasteiger partial charge on any atom is 0.428 e. The summed E-state index contributed by atoms with van der Waals surface area (Å²) in [7, 11) is 1.70. The van der Waals surface area contributed by atoms with E-state index in [1.807, 2.05) is 6.07 Å². The Hall–Kier alpha value is -2.53. The lowest BCUT2D eigenvalue weighted by Crippen LogP contribution is -2.36. The lowest BCUT2D eigenvalue weighted by atomic mass is 10.1. The van der Waals surface area contributed by atoms with E-state index in [1.54, 1.807) is 60.3 Å². The van der Waals surface area contributed by atoms with Crippen molar-refractivity contribution in [3.8, 4) is 11.4 Å². The van der Waals surface area contributed by atoms with Gasteiger partial charge >= 0.3 is 6.05 Å². The maximum absolute atomic E-state index is 14.9. The second-order valence-electron chi connectivity index (χ2n) is 5.37. The first kappa shape index (κ1) is 15.4. The van der Waals surface area contributed by atoms with E-state index in [-0.39, 0.29) is 5.56 Å². The van der Waals surface area contributed by atoms with Gasteiger partial charge < -0.3 is 5.11 Å². The molecule has 23 heavy (non-hydrogen) atoms. The van der Waals surface area contributed by atoms with Crippen LogP contribution in [-0.4, -0.2) is 9.67 Å². The highest BCUT2D eigenvalue weighted by Gasteiger charge is 2.48. The molecule has 1 N–H and O–H groups in total.